The third-order valence-electron chi connectivity index (χ3n) is 4.25. The van der Waals surface area contributed by atoms with Crippen LogP contribution < -0.4 is 10.2 Å². The van der Waals surface area contributed by atoms with E-state index >= 15 is 0 Å². The van der Waals surface area contributed by atoms with Crippen LogP contribution in [0.25, 0.3) is 0 Å². The molecule has 2 atom stereocenters. The molecule has 1 aromatic rings. The van der Waals surface area contributed by atoms with Crippen LogP contribution >= 0.6 is 0 Å². The molecule has 19 heavy (non-hydrogen) atoms. The Morgan fingerprint density at radius 2 is 2.16 bits per heavy atom. The minimum atomic E-state index is 0.543. The van der Waals surface area contributed by atoms with Crippen molar-refractivity contribution >= 4 is 5.69 Å². The molecule has 1 heterocycles. The van der Waals surface area contributed by atoms with E-state index in [9.17, 15) is 0 Å². The summed E-state index contributed by atoms with van der Waals surface area (Å²) in [6, 6.07) is 10.1. The molecule has 1 fully saturated rings. The Hall–Kier alpha value is -1.06. The number of likely N-dealkylation sites (N-methyl/N-ethyl adjacent to an activating group) is 2. The summed E-state index contributed by atoms with van der Waals surface area (Å²) in [4.78, 5) is 5.06. The van der Waals surface area contributed by atoms with Crippen molar-refractivity contribution in [3.8, 4) is 0 Å². The van der Waals surface area contributed by atoms with Gasteiger partial charge in [0.25, 0.3) is 0 Å². The van der Waals surface area contributed by atoms with Gasteiger partial charge in [0.2, 0.25) is 0 Å². The van der Waals surface area contributed by atoms with E-state index in [4.69, 9.17) is 0 Å². The van der Waals surface area contributed by atoms with Gasteiger partial charge in [-0.2, -0.15) is 0 Å². The van der Waals surface area contributed by atoms with Crippen molar-refractivity contribution in [3.05, 3.63) is 29.8 Å². The summed E-state index contributed by atoms with van der Waals surface area (Å²) in [5.74, 6) is 0. The van der Waals surface area contributed by atoms with E-state index in [1.165, 1.54) is 17.7 Å². The topological polar surface area (TPSA) is 18.5 Å². The highest BCUT2D eigenvalue weighted by Gasteiger charge is 2.26. The molecule has 0 bridgehead atoms. The fourth-order valence-corrected chi connectivity index (χ4v) is 2.90. The lowest BCUT2D eigenvalue weighted by Crippen LogP contribution is -2.46. The van der Waals surface area contributed by atoms with Crippen molar-refractivity contribution in [1.82, 2.24) is 10.2 Å². The number of rotatable bonds is 3. The normalized spacial score (nSPS) is 25.4. The second-order valence-corrected chi connectivity index (χ2v) is 5.82. The monoisotopic (exact) mass is 261 g/mol. The SMILES string of the molecule is CNCC1CN(C)C(C)CCN1c1cccc(C)c1. The van der Waals surface area contributed by atoms with Gasteiger partial charge in [-0.3, -0.25) is 0 Å². The molecule has 1 aliphatic rings. The van der Waals surface area contributed by atoms with Crippen molar-refractivity contribution in [3.63, 3.8) is 0 Å². The zero-order chi connectivity index (χ0) is 13.8. The third-order valence-corrected chi connectivity index (χ3v) is 4.25. The molecular weight excluding hydrogens is 234 g/mol. The van der Waals surface area contributed by atoms with Gasteiger partial charge in [-0.05, 0) is 52.1 Å². The van der Waals surface area contributed by atoms with Crippen LogP contribution in [-0.2, 0) is 0 Å². The van der Waals surface area contributed by atoms with Gasteiger partial charge in [-0.1, -0.05) is 12.1 Å². The van der Waals surface area contributed by atoms with Gasteiger partial charge in [0.1, 0.15) is 0 Å². The Balaban J connectivity index is 2.24. The third kappa shape index (κ3) is 3.48. The minimum Gasteiger partial charge on any atom is -0.366 e. The summed E-state index contributed by atoms with van der Waals surface area (Å²) in [7, 11) is 4.29. The van der Waals surface area contributed by atoms with Crippen LogP contribution in [0, 0.1) is 6.92 Å². The first-order chi connectivity index (χ1) is 9.11. The zero-order valence-electron chi connectivity index (χ0n) is 12.7. The van der Waals surface area contributed by atoms with Gasteiger partial charge >= 0.3 is 0 Å². The van der Waals surface area contributed by atoms with Gasteiger partial charge in [0.05, 0.1) is 6.04 Å². The lowest BCUT2D eigenvalue weighted by molar-refractivity contribution is 0.254. The van der Waals surface area contributed by atoms with E-state index in [-0.39, 0.29) is 0 Å². The maximum atomic E-state index is 3.35. The summed E-state index contributed by atoms with van der Waals surface area (Å²) in [6.07, 6.45) is 1.23. The van der Waals surface area contributed by atoms with Gasteiger partial charge in [-0.25, -0.2) is 0 Å². The fourth-order valence-electron chi connectivity index (χ4n) is 2.90. The number of hydrogen-bond donors (Lipinski definition) is 1. The molecule has 0 aliphatic carbocycles. The Kier molecular flexibility index (Phi) is 4.83. The first kappa shape index (κ1) is 14.4. The highest BCUT2D eigenvalue weighted by atomic mass is 15.3. The lowest BCUT2D eigenvalue weighted by atomic mass is 10.1. The molecule has 1 aliphatic heterocycles. The van der Waals surface area contributed by atoms with E-state index in [2.05, 4.69) is 60.3 Å². The van der Waals surface area contributed by atoms with Gasteiger partial charge < -0.3 is 15.1 Å². The van der Waals surface area contributed by atoms with E-state index in [1.807, 2.05) is 7.05 Å². The fraction of sp³-hybridized carbons (Fsp3) is 0.625. The molecule has 0 spiro atoms. The number of aryl methyl sites for hydroxylation is 1. The van der Waals surface area contributed by atoms with Gasteiger partial charge in [0.15, 0.2) is 0 Å². The second-order valence-electron chi connectivity index (χ2n) is 5.82. The summed E-state index contributed by atoms with van der Waals surface area (Å²) >= 11 is 0. The number of benzene rings is 1. The maximum Gasteiger partial charge on any atom is 0.0541 e. The molecule has 3 nitrogen and oxygen atoms in total. The molecule has 2 unspecified atom stereocenters. The van der Waals surface area contributed by atoms with E-state index < -0.39 is 0 Å². The number of hydrogen-bond acceptors (Lipinski definition) is 3. The summed E-state index contributed by atoms with van der Waals surface area (Å²) < 4.78 is 0. The standard InChI is InChI=1S/C16H27N3/c1-13-6-5-7-15(10-13)19-9-8-14(2)18(4)12-16(19)11-17-3/h5-7,10,14,16-17H,8-9,11-12H2,1-4H3. The van der Waals surface area contributed by atoms with E-state index in [0.29, 0.717) is 12.1 Å². The van der Waals surface area contributed by atoms with E-state index in [0.717, 1.165) is 19.6 Å². The van der Waals surface area contributed by atoms with Crippen molar-refractivity contribution in [2.75, 3.05) is 38.6 Å². The predicted octanol–water partition coefficient (Wildman–Crippen LogP) is 2.11. The van der Waals surface area contributed by atoms with E-state index in [1.54, 1.807) is 0 Å². The molecule has 106 valence electrons. The molecule has 0 aromatic heterocycles. The molecule has 0 saturated carbocycles. The second kappa shape index (κ2) is 6.40. The Bertz CT molecular complexity index is 405. The summed E-state index contributed by atoms with van der Waals surface area (Å²) in [5.41, 5.74) is 2.70. The highest BCUT2D eigenvalue weighted by molar-refractivity contribution is 5.49. The van der Waals surface area contributed by atoms with Crippen LogP contribution in [0.2, 0.25) is 0 Å². The van der Waals surface area contributed by atoms with Crippen molar-refractivity contribution in [2.45, 2.75) is 32.4 Å². The van der Waals surface area contributed by atoms with Crippen molar-refractivity contribution in [2.24, 2.45) is 0 Å². The quantitative estimate of drug-likeness (QED) is 0.899. The van der Waals surface area contributed by atoms with Crippen LogP contribution in [-0.4, -0.2) is 50.7 Å². The van der Waals surface area contributed by atoms with Crippen LogP contribution in [0.3, 0.4) is 0 Å². The summed E-state index contributed by atoms with van der Waals surface area (Å²) in [5, 5.41) is 3.35. The van der Waals surface area contributed by atoms with Crippen LogP contribution in [0.4, 0.5) is 5.69 Å². The number of anilines is 1. The van der Waals surface area contributed by atoms with Crippen LogP contribution in [0.5, 0.6) is 0 Å². The molecule has 0 amide bonds. The highest BCUT2D eigenvalue weighted by Crippen LogP contribution is 2.23. The van der Waals surface area contributed by atoms with Gasteiger partial charge in [-0.15, -0.1) is 0 Å². The Morgan fingerprint density at radius 1 is 1.37 bits per heavy atom. The lowest BCUT2D eigenvalue weighted by Gasteiger charge is -2.33. The molecule has 1 aromatic carbocycles. The number of nitrogens with one attached hydrogen (secondary N) is 1. The smallest absolute Gasteiger partial charge is 0.0541 e. The average Bonchev–Trinajstić information content (AvgIpc) is 2.51. The Morgan fingerprint density at radius 3 is 2.84 bits per heavy atom. The molecule has 0 radical (unpaired) electrons. The average molecular weight is 261 g/mol. The number of nitrogens with zero attached hydrogens (tertiary/aromatic N) is 2. The molecule has 3 heteroatoms. The minimum absolute atomic E-state index is 0.543. The largest absolute Gasteiger partial charge is 0.366 e. The molecule has 1 N–H and O–H groups in total. The molecule has 2 rings (SSSR count). The zero-order valence-corrected chi connectivity index (χ0v) is 12.7. The first-order valence-corrected chi connectivity index (χ1v) is 7.30. The van der Waals surface area contributed by atoms with Crippen LogP contribution in [0.1, 0.15) is 18.9 Å². The predicted molar refractivity (Wildman–Crippen MR) is 82.9 cm³/mol. The first-order valence-electron chi connectivity index (χ1n) is 7.30. The molecular formula is C16H27N3. The van der Waals surface area contributed by atoms with Gasteiger partial charge in [0, 0.05) is 31.4 Å². The van der Waals surface area contributed by atoms with Crippen LogP contribution in [0.15, 0.2) is 24.3 Å². The summed E-state index contributed by atoms with van der Waals surface area (Å²) in [6.45, 7) is 7.79. The molecule has 1 saturated heterocycles. The van der Waals surface area contributed by atoms with Crippen molar-refractivity contribution in [1.29, 1.82) is 0 Å². The van der Waals surface area contributed by atoms with Crippen molar-refractivity contribution < 1.29 is 0 Å². The maximum absolute atomic E-state index is 3.35. The Labute approximate surface area is 117 Å².